The van der Waals surface area contributed by atoms with Crippen LogP contribution in [0.3, 0.4) is 0 Å². The van der Waals surface area contributed by atoms with Gasteiger partial charge in [0.2, 0.25) is 0 Å². The number of hydrogen-bond donors (Lipinski definition) is 3. The SMILES string of the molecule is CC(C)(C)c1ccc(C(=O)Nc2ccc3[nH]c(/C=C/C(=O)O)cc3c2)cc1. The van der Waals surface area contributed by atoms with Crippen LogP contribution in [-0.4, -0.2) is 22.0 Å². The summed E-state index contributed by atoms with van der Waals surface area (Å²) >= 11 is 0. The second-order valence-corrected chi connectivity index (χ2v) is 7.48. The van der Waals surface area contributed by atoms with E-state index in [1.54, 1.807) is 0 Å². The van der Waals surface area contributed by atoms with E-state index in [0.29, 0.717) is 16.9 Å². The van der Waals surface area contributed by atoms with E-state index in [9.17, 15) is 9.59 Å². The predicted molar refractivity (Wildman–Crippen MR) is 108 cm³/mol. The van der Waals surface area contributed by atoms with E-state index in [1.807, 2.05) is 48.5 Å². The smallest absolute Gasteiger partial charge is 0.328 e. The highest BCUT2D eigenvalue weighted by Crippen LogP contribution is 2.24. The Morgan fingerprint density at radius 3 is 2.37 bits per heavy atom. The molecule has 0 saturated carbocycles. The summed E-state index contributed by atoms with van der Waals surface area (Å²) in [7, 11) is 0. The molecule has 138 valence electrons. The maximum Gasteiger partial charge on any atom is 0.328 e. The first-order valence-electron chi connectivity index (χ1n) is 8.68. The molecule has 0 unspecified atom stereocenters. The van der Waals surface area contributed by atoms with Gasteiger partial charge in [0.1, 0.15) is 0 Å². The highest BCUT2D eigenvalue weighted by atomic mass is 16.4. The Balaban J connectivity index is 1.77. The number of carbonyl (C=O) groups is 2. The van der Waals surface area contributed by atoms with Gasteiger partial charge in [-0.05, 0) is 53.5 Å². The number of aromatic nitrogens is 1. The lowest BCUT2D eigenvalue weighted by Gasteiger charge is -2.19. The number of benzene rings is 2. The van der Waals surface area contributed by atoms with Crippen molar-refractivity contribution >= 4 is 34.5 Å². The summed E-state index contributed by atoms with van der Waals surface area (Å²) in [5.74, 6) is -1.17. The van der Waals surface area contributed by atoms with E-state index in [-0.39, 0.29) is 11.3 Å². The average Bonchev–Trinajstić information content (AvgIpc) is 3.01. The first kappa shape index (κ1) is 18.5. The molecule has 2 aromatic carbocycles. The molecule has 0 aliphatic rings. The van der Waals surface area contributed by atoms with E-state index in [2.05, 4.69) is 31.1 Å². The summed E-state index contributed by atoms with van der Waals surface area (Å²) in [4.78, 5) is 26.2. The monoisotopic (exact) mass is 362 g/mol. The van der Waals surface area contributed by atoms with Crippen LogP contribution in [-0.2, 0) is 10.2 Å². The number of amides is 1. The zero-order chi connectivity index (χ0) is 19.6. The third-order valence-corrected chi connectivity index (χ3v) is 4.32. The van der Waals surface area contributed by atoms with Crippen molar-refractivity contribution in [1.29, 1.82) is 0 Å². The van der Waals surface area contributed by atoms with E-state index < -0.39 is 5.97 Å². The van der Waals surface area contributed by atoms with Gasteiger partial charge >= 0.3 is 5.97 Å². The number of anilines is 1. The van der Waals surface area contributed by atoms with Crippen LogP contribution in [0.25, 0.3) is 17.0 Å². The molecule has 0 radical (unpaired) electrons. The van der Waals surface area contributed by atoms with Crippen LogP contribution in [0.15, 0.2) is 54.6 Å². The largest absolute Gasteiger partial charge is 0.478 e. The van der Waals surface area contributed by atoms with Crippen LogP contribution in [0.1, 0.15) is 42.4 Å². The Morgan fingerprint density at radius 2 is 1.74 bits per heavy atom. The molecule has 1 aromatic heterocycles. The van der Waals surface area contributed by atoms with Gasteiger partial charge in [-0.15, -0.1) is 0 Å². The van der Waals surface area contributed by atoms with Crippen LogP contribution in [0, 0.1) is 0 Å². The Kier molecular flexibility index (Phi) is 4.86. The molecule has 0 atom stereocenters. The summed E-state index contributed by atoms with van der Waals surface area (Å²) in [6, 6.07) is 15.0. The van der Waals surface area contributed by atoms with E-state index >= 15 is 0 Å². The van der Waals surface area contributed by atoms with Crippen molar-refractivity contribution in [2.45, 2.75) is 26.2 Å². The number of nitrogens with one attached hydrogen (secondary N) is 2. The summed E-state index contributed by atoms with van der Waals surface area (Å²) in [6.07, 6.45) is 2.58. The van der Waals surface area contributed by atoms with Crippen molar-refractivity contribution in [2.75, 3.05) is 5.32 Å². The van der Waals surface area contributed by atoms with Gasteiger partial charge in [0, 0.05) is 33.9 Å². The normalized spacial score (nSPS) is 11.8. The summed E-state index contributed by atoms with van der Waals surface area (Å²) in [6.45, 7) is 6.40. The lowest BCUT2D eigenvalue weighted by molar-refractivity contribution is -0.131. The van der Waals surface area contributed by atoms with Crippen LogP contribution in [0.4, 0.5) is 5.69 Å². The number of fused-ring (bicyclic) bond motifs is 1. The summed E-state index contributed by atoms with van der Waals surface area (Å²) in [5, 5.41) is 12.5. The van der Waals surface area contributed by atoms with Gasteiger partial charge in [0.15, 0.2) is 0 Å². The van der Waals surface area contributed by atoms with E-state index in [4.69, 9.17) is 5.11 Å². The van der Waals surface area contributed by atoms with Gasteiger partial charge in [0.05, 0.1) is 0 Å². The fourth-order valence-corrected chi connectivity index (χ4v) is 2.81. The fourth-order valence-electron chi connectivity index (χ4n) is 2.81. The minimum absolute atomic E-state index is 0.0428. The lowest BCUT2D eigenvalue weighted by atomic mass is 9.87. The zero-order valence-corrected chi connectivity index (χ0v) is 15.5. The van der Waals surface area contributed by atoms with Gasteiger partial charge in [-0.3, -0.25) is 4.79 Å². The topological polar surface area (TPSA) is 82.2 Å². The molecule has 5 heteroatoms. The van der Waals surface area contributed by atoms with Crippen molar-refractivity contribution in [1.82, 2.24) is 4.98 Å². The molecule has 1 heterocycles. The van der Waals surface area contributed by atoms with Gasteiger partial charge in [-0.2, -0.15) is 0 Å². The number of carboxylic acids is 1. The lowest BCUT2D eigenvalue weighted by Crippen LogP contribution is -2.14. The van der Waals surface area contributed by atoms with Gasteiger partial charge in [0.25, 0.3) is 5.91 Å². The Labute approximate surface area is 157 Å². The zero-order valence-electron chi connectivity index (χ0n) is 15.5. The molecule has 3 N–H and O–H groups in total. The first-order valence-corrected chi connectivity index (χ1v) is 8.68. The quantitative estimate of drug-likeness (QED) is 0.582. The number of aliphatic carboxylic acids is 1. The molecule has 0 fully saturated rings. The van der Waals surface area contributed by atoms with Crippen molar-refractivity contribution < 1.29 is 14.7 Å². The average molecular weight is 362 g/mol. The van der Waals surface area contributed by atoms with Gasteiger partial charge < -0.3 is 15.4 Å². The molecule has 0 spiro atoms. The standard InChI is InChI=1S/C22H22N2O3/c1-22(2,3)16-6-4-14(5-7-16)21(27)24-18-8-10-19-15(13-18)12-17(23-19)9-11-20(25)26/h4-13,23H,1-3H3,(H,24,27)(H,25,26)/b11-9+. The number of aromatic amines is 1. The van der Waals surface area contributed by atoms with Crippen molar-refractivity contribution in [3.05, 3.63) is 71.4 Å². The molecule has 1 amide bonds. The second kappa shape index (κ2) is 7.11. The van der Waals surface area contributed by atoms with Crippen molar-refractivity contribution in [2.24, 2.45) is 0 Å². The third-order valence-electron chi connectivity index (χ3n) is 4.32. The van der Waals surface area contributed by atoms with Crippen LogP contribution in [0.5, 0.6) is 0 Å². The maximum atomic E-state index is 12.5. The highest BCUT2D eigenvalue weighted by molar-refractivity contribution is 6.05. The molecular weight excluding hydrogens is 340 g/mol. The molecule has 0 saturated heterocycles. The molecule has 5 nitrogen and oxygen atoms in total. The minimum atomic E-state index is -1.00. The van der Waals surface area contributed by atoms with Crippen molar-refractivity contribution in [3.8, 4) is 0 Å². The molecule has 0 bridgehead atoms. The highest BCUT2D eigenvalue weighted by Gasteiger charge is 2.14. The predicted octanol–water partition coefficient (Wildman–Crippen LogP) is 4.82. The number of hydrogen-bond acceptors (Lipinski definition) is 2. The summed E-state index contributed by atoms with van der Waals surface area (Å²) in [5.41, 5.74) is 4.06. The molecule has 3 rings (SSSR count). The maximum absolute atomic E-state index is 12.5. The first-order chi connectivity index (χ1) is 12.7. The Hall–Kier alpha value is -3.34. The third kappa shape index (κ3) is 4.44. The summed E-state index contributed by atoms with van der Waals surface area (Å²) < 4.78 is 0. The van der Waals surface area contributed by atoms with E-state index in [0.717, 1.165) is 17.0 Å². The fraction of sp³-hybridized carbons (Fsp3) is 0.182. The Morgan fingerprint density at radius 1 is 1.04 bits per heavy atom. The molecule has 0 aliphatic heterocycles. The number of H-pyrrole nitrogens is 1. The minimum Gasteiger partial charge on any atom is -0.478 e. The number of carboxylic acid groups (broad SMARTS) is 1. The van der Waals surface area contributed by atoms with Gasteiger partial charge in [-0.1, -0.05) is 32.9 Å². The van der Waals surface area contributed by atoms with Crippen LogP contribution < -0.4 is 5.32 Å². The Bertz CT molecular complexity index is 1020. The molecule has 3 aromatic rings. The number of carbonyl (C=O) groups excluding carboxylic acids is 1. The van der Waals surface area contributed by atoms with E-state index in [1.165, 1.54) is 11.6 Å². The van der Waals surface area contributed by atoms with Crippen LogP contribution in [0.2, 0.25) is 0 Å². The molecular formula is C22H22N2O3. The van der Waals surface area contributed by atoms with Crippen molar-refractivity contribution in [3.63, 3.8) is 0 Å². The molecule has 27 heavy (non-hydrogen) atoms. The second-order valence-electron chi connectivity index (χ2n) is 7.48. The van der Waals surface area contributed by atoms with Gasteiger partial charge in [-0.25, -0.2) is 4.79 Å². The molecule has 0 aliphatic carbocycles. The number of rotatable bonds is 4. The van der Waals surface area contributed by atoms with Crippen LogP contribution >= 0.6 is 0 Å².